The largest absolute Gasteiger partial charge is 0.456 e. The van der Waals surface area contributed by atoms with Gasteiger partial charge in [0.05, 0.1) is 6.42 Å². The van der Waals surface area contributed by atoms with Crippen molar-refractivity contribution in [2.24, 2.45) is 0 Å². The second kappa shape index (κ2) is 6.53. The van der Waals surface area contributed by atoms with Crippen LogP contribution in [-0.4, -0.2) is 29.4 Å². The first-order valence-electron chi connectivity index (χ1n) is 5.35. The van der Waals surface area contributed by atoms with Crippen LogP contribution in [0.4, 0.5) is 5.82 Å². The molecule has 0 aliphatic carbocycles. The van der Waals surface area contributed by atoms with Gasteiger partial charge in [-0.15, -0.1) is 0 Å². The van der Waals surface area contributed by atoms with Crippen LogP contribution < -0.4 is 5.32 Å². The molecule has 0 saturated carbocycles. The Bertz CT molecular complexity index is 452. The molecule has 1 rings (SSSR count). The van der Waals surface area contributed by atoms with E-state index in [1.807, 2.05) is 0 Å². The van der Waals surface area contributed by atoms with Crippen molar-refractivity contribution < 1.29 is 23.6 Å². The summed E-state index contributed by atoms with van der Waals surface area (Å²) in [6, 6.07) is 1.54. The minimum absolute atomic E-state index is 0.0221. The number of carbonyl (C=O) groups is 3. The van der Waals surface area contributed by atoms with E-state index in [0.29, 0.717) is 5.76 Å². The fraction of sp³-hybridized carbons (Fsp3) is 0.455. The summed E-state index contributed by atoms with van der Waals surface area (Å²) in [6.07, 6.45) is 0.0919. The first kappa shape index (κ1) is 13.9. The fourth-order valence-corrected chi connectivity index (χ4v) is 1.10. The number of nitrogens with zero attached hydrogens (tertiary/aromatic N) is 1. The molecule has 0 aliphatic rings. The number of hydrogen-bond donors (Lipinski definition) is 1. The Hall–Kier alpha value is -2.18. The van der Waals surface area contributed by atoms with Gasteiger partial charge in [-0.2, -0.15) is 0 Å². The average molecular weight is 254 g/mol. The minimum Gasteiger partial charge on any atom is -0.456 e. The summed E-state index contributed by atoms with van der Waals surface area (Å²) in [5.74, 6) is -0.383. The summed E-state index contributed by atoms with van der Waals surface area (Å²) in [6.45, 7) is 2.65. The molecule has 7 nitrogen and oxygen atoms in total. The lowest BCUT2D eigenvalue weighted by Gasteiger charge is -2.03. The molecule has 0 aromatic carbocycles. The van der Waals surface area contributed by atoms with Gasteiger partial charge in [0.1, 0.15) is 11.5 Å². The number of ether oxygens (including phenoxy) is 1. The van der Waals surface area contributed by atoms with Crippen LogP contribution in [0.15, 0.2) is 10.6 Å². The van der Waals surface area contributed by atoms with E-state index in [4.69, 9.17) is 4.52 Å². The van der Waals surface area contributed by atoms with E-state index in [0.717, 1.165) is 0 Å². The molecule has 0 saturated heterocycles. The molecule has 0 unspecified atom stereocenters. The molecule has 0 atom stereocenters. The van der Waals surface area contributed by atoms with E-state index in [1.165, 1.54) is 13.0 Å². The zero-order valence-corrected chi connectivity index (χ0v) is 10.2. The first-order valence-corrected chi connectivity index (χ1v) is 5.35. The monoisotopic (exact) mass is 254 g/mol. The third kappa shape index (κ3) is 5.24. The number of rotatable bonds is 6. The lowest BCUT2D eigenvalue weighted by molar-refractivity contribution is -0.148. The van der Waals surface area contributed by atoms with Crippen molar-refractivity contribution in [1.82, 2.24) is 5.16 Å². The second-order valence-corrected chi connectivity index (χ2v) is 3.73. The van der Waals surface area contributed by atoms with Gasteiger partial charge in [-0.3, -0.25) is 9.59 Å². The van der Waals surface area contributed by atoms with Gasteiger partial charge in [0.2, 0.25) is 0 Å². The van der Waals surface area contributed by atoms with Gasteiger partial charge in [-0.25, -0.2) is 0 Å². The summed E-state index contributed by atoms with van der Waals surface area (Å²) in [4.78, 5) is 33.1. The molecule has 0 aliphatic heterocycles. The summed E-state index contributed by atoms with van der Waals surface area (Å²) >= 11 is 0. The van der Waals surface area contributed by atoms with Crippen LogP contribution in [0.3, 0.4) is 0 Å². The van der Waals surface area contributed by atoms with Crippen LogP contribution >= 0.6 is 0 Å². The van der Waals surface area contributed by atoms with E-state index in [9.17, 15) is 14.4 Å². The molecule has 0 fully saturated rings. The highest BCUT2D eigenvalue weighted by molar-refractivity contribution is 5.92. The van der Waals surface area contributed by atoms with E-state index < -0.39 is 18.5 Å². The van der Waals surface area contributed by atoms with E-state index >= 15 is 0 Å². The highest BCUT2D eigenvalue weighted by Crippen LogP contribution is 2.06. The number of ketones is 1. The lowest BCUT2D eigenvalue weighted by Crippen LogP contribution is -2.21. The zero-order valence-electron chi connectivity index (χ0n) is 10.2. The number of Topliss-reactive ketones (excluding diaryl/α,β-unsaturated/α-hetero) is 1. The van der Waals surface area contributed by atoms with Gasteiger partial charge < -0.3 is 19.4 Å². The third-order valence-electron chi connectivity index (χ3n) is 1.94. The van der Waals surface area contributed by atoms with Crippen molar-refractivity contribution in [2.75, 3.05) is 11.9 Å². The van der Waals surface area contributed by atoms with Gasteiger partial charge in [0, 0.05) is 12.5 Å². The van der Waals surface area contributed by atoms with E-state index in [1.54, 1.807) is 6.92 Å². The highest BCUT2D eigenvalue weighted by Gasteiger charge is 2.10. The molecule has 98 valence electrons. The van der Waals surface area contributed by atoms with Crippen molar-refractivity contribution in [1.29, 1.82) is 0 Å². The molecule has 0 radical (unpaired) electrons. The van der Waals surface area contributed by atoms with Crippen LogP contribution in [0.2, 0.25) is 0 Å². The Labute approximate surface area is 103 Å². The Balaban J connectivity index is 2.24. The number of esters is 1. The van der Waals surface area contributed by atoms with Crippen LogP contribution in [0.25, 0.3) is 0 Å². The van der Waals surface area contributed by atoms with E-state index in [2.05, 4.69) is 15.2 Å². The maximum Gasteiger partial charge on any atom is 0.306 e. The standard InChI is InChI=1S/C11H14N2O5/c1-7(14)3-4-11(16)17-6-10(15)12-9-5-8(2)18-13-9/h5H,3-4,6H2,1-2H3,(H,12,13,15). The average Bonchev–Trinajstić information content (AvgIpc) is 2.69. The van der Waals surface area contributed by atoms with Crippen LogP contribution in [0.5, 0.6) is 0 Å². The summed E-state index contributed by atoms with van der Waals surface area (Å²) in [5.41, 5.74) is 0. The molecular weight excluding hydrogens is 240 g/mol. The van der Waals surface area contributed by atoms with E-state index in [-0.39, 0.29) is 24.4 Å². The highest BCUT2D eigenvalue weighted by atomic mass is 16.5. The van der Waals surface area contributed by atoms with Gasteiger partial charge in [-0.1, -0.05) is 5.16 Å². The van der Waals surface area contributed by atoms with Gasteiger partial charge >= 0.3 is 5.97 Å². The molecule has 1 aromatic heterocycles. The Morgan fingerprint density at radius 1 is 1.39 bits per heavy atom. The van der Waals surface area contributed by atoms with Crippen LogP contribution in [0.1, 0.15) is 25.5 Å². The fourth-order valence-electron chi connectivity index (χ4n) is 1.10. The number of amides is 1. The Morgan fingerprint density at radius 3 is 2.67 bits per heavy atom. The Morgan fingerprint density at radius 2 is 2.11 bits per heavy atom. The summed E-state index contributed by atoms with van der Waals surface area (Å²) in [7, 11) is 0. The topological polar surface area (TPSA) is 98.5 Å². The molecule has 1 amide bonds. The van der Waals surface area contributed by atoms with Gasteiger partial charge in [0.15, 0.2) is 12.4 Å². The number of hydrogen-bond acceptors (Lipinski definition) is 6. The number of aromatic nitrogens is 1. The van der Waals surface area contributed by atoms with Crippen molar-refractivity contribution in [3.63, 3.8) is 0 Å². The number of carbonyl (C=O) groups excluding carboxylic acids is 3. The third-order valence-corrected chi connectivity index (χ3v) is 1.94. The van der Waals surface area contributed by atoms with Gasteiger partial charge in [0.25, 0.3) is 5.91 Å². The molecule has 0 spiro atoms. The predicted molar refractivity (Wildman–Crippen MR) is 60.7 cm³/mol. The predicted octanol–water partition coefficient (Wildman–Crippen LogP) is 0.834. The molecule has 1 heterocycles. The molecule has 1 N–H and O–H groups in total. The van der Waals surface area contributed by atoms with Crippen molar-refractivity contribution >= 4 is 23.5 Å². The smallest absolute Gasteiger partial charge is 0.306 e. The second-order valence-electron chi connectivity index (χ2n) is 3.73. The first-order chi connectivity index (χ1) is 8.47. The SMILES string of the molecule is CC(=O)CCC(=O)OCC(=O)Nc1cc(C)on1. The van der Waals surface area contributed by atoms with Crippen LogP contribution in [-0.2, 0) is 19.1 Å². The zero-order chi connectivity index (χ0) is 13.5. The number of nitrogens with one attached hydrogen (secondary N) is 1. The quantitative estimate of drug-likeness (QED) is 0.755. The van der Waals surface area contributed by atoms with Crippen molar-refractivity contribution in [3.05, 3.63) is 11.8 Å². The summed E-state index contributed by atoms with van der Waals surface area (Å²) < 4.78 is 9.42. The number of anilines is 1. The molecule has 0 bridgehead atoms. The van der Waals surface area contributed by atoms with Crippen molar-refractivity contribution in [3.8, 4) is 0 Å². The van der Waals surface area contributed by atoms with Crippen molar-refractivity contribution in [2.45, 2.75) is 26.7 Å². The minimum atomic E-state index is -0.586. The van der Waals surface area contributed by atoms with Crippen LogP contribution in [0, 0.1) is 6.92 Å². The van der Waals surface area contributed by atoms with Gasteiger partial charge in [-0.05, 0) is 13.8 Å². The maximum absolute atomic E-state index is 11.3. The normalized spacial score (nSPS) is 9.89. The maximum atomic E-state index is 11.3. The Kier molecular flexibility index (Phi) is 5.04. The molecule has 1 aromatic rings. The number of aryl methyl sites for hydroxylation is 1. The molecule has 7 heteroatoms. The lowest BCUT2D eigenvalue weighted by atomic mass is 10.2. The molecular formula is C11H14N2O5. The summed E-state index contributed by atoms with van der Waals surface area (Å²) in [5, 5.41) is 5.95. The molecule has 18 heavy (non-hydrogen) atoms.